The van der Waals surface area contributed by atoms with Gasteiger partial charge in [-0.25, -0.2) is 0 Å². The van der Waals surface area contributed by atoms with Crippen LogP contribution < -0.4 is 0 Å². The first-order chi connectivity index (χ1) is 6.31. The third kappa shape index (κ3) is 9.70. The average molecular weight is 230 g/mol. The lowest BCUT2D eigenvalue weighted by Gasteiger charge is -2.09. The molecule has 84 valence electrons. The third-order valence-electron chi connectivity index (χ3n) is 1.47. The molecule has 6 heteroatoms. The highest BCUT2D eigenvalue weighted by molar-refractivity contribution is 7.99. The van der Waals surface area contributed by atoms with Gasteiger partial charge in [-0.3, -0.25) is 4.79 Å². The fraction of sp³-hybridized carbons (Fsp3) is 0.875. The summed E-state index contributed by atoms with van der Waals surface area (Å²) >= 11 is 1.26. The first-order valence-corrected chi connectivity index (χ1v) is 5.26. The molecule has 0 saturated heterocycles. The molecule has 0 heterocycles. The minimum atomic E-state index is -4.10. The fourth-order valence-corrected chi connectivity index (χ4v) is 1.84. The zero-order chi connectivity index (χ0) is 11.2. The van der Waals surface area contributed by atoms with Gasteiger partial charge < -0.3 is 5.11 Å². The van der Waals surface area contributed by atoms with E-state index in [-0.39, 0.29) is 18.1 Å². The number of hydrogen-bond donors (Lipinski definition) is 1. The van der Waals surface area contributed by atoms with Crippen LogP contribution in [0.5, 0.6) is 0 Å². The number of carboxylic acid groups (broad SMARTS) is 1. The summed E-state index contributed by atoms with van der Waals surface area (Å²) in [5.74, 6) is -0.561. The van der Waals surface area contributed by atoms with Gasteiger partial charge in [0.25, 0.3) is 0 Å². The molecule has 0 fully saturated rings. The van der Waals surface area contributed by atoms with Gasteiger partial charge in [0, 0.05) is 11.7 Å². The number of rotatable bonds is 6. The highest BCUT2D eigenvalue weighted by atomic mass is 32.2. The Bertz CT molecular complexity index is 182. The van der Waals surface area contributed by atoms with Gasteiger partial charge in [-0.2, -0.15) is 24.9 Å². The Balaban J connectivity index is 3.41. The summed E-state index contributed by atoms with van der Waals surface area (Å²) in [7, 11) is 0. The molecule has 0 aromatic rings. The monoisotopic (exact) mass is 230 g/mol. The molecule has 0 spiro atoms. The lowest BCUT2D eigenvalue weighted by molar-refractivity contribution is -0.137. The SMILES string of the molecule is CC(CC(=O)O)SCCCC(F)(F)F. The van der Waals surface area contributed by atoms with E-state index in [0.717, 1.165) is 0 Å². The minimum Gasteiger partial charge on any atom is -0.481 e. The summed E-state index contributed by atoms with van der Waals surface area (Å²) < 4.78 is 35.1. The number of alkyl halides is 3. The molecule has 2 nitrogen and oxygen atoms in total. The minimum absolute atomic E-state index is 0.00329. The quantitative estimate of drug-likeness (QED) is 0.713. The molecule has 0 amide bonds. The number of aliphatic carboxylic acids is 1. The smallest absolute Gasteiger partial charge is 0.389 e. The van der Waals surface area contributed by atoms with Gasteiger partial charge in [0.15, 0.2) is 0 Å². The van der Waals surface area contributed by atoms with Crippen LogP contribution in [-0.2, 0) is 4.79 Å². The van der Waals surface area contributed by atoms with Crippen LogP contribution in [-0.4, -0.2) is 28.3 Å². The van der Waals surface area contributed by atoms with Crippen molar-refractivity contribution >= 4 is 17.7 Å². The van der Waals surface area contributed by atoms with Gasteiger partial charge in [-0.15, -0.1) is 0 Å². The van der Waals surface area contributed by atoms with Crippen molar-refractivity contribution < 1.29 is 23.1 Å². The van der Waals surface area contributed by atoms with E-state index in [0.29, 0.717) is 5.75 Å². The van der Waals surface area contributed by atoms with E-state index < -0.39 is 18.6 Å². The van der Waals surface area contributed by atoms with Crippen molar-refractivity contribution in [1.29, 1.82) is 0 Å². The predicted octanol–water partition coefficient (Wildman–Crippen LogP) is 2.93. The lowest BCUT2D eigenvalue weighted by Crippen LogP contribution is -2.09. The van der Waals surface area contributed by atoms with Crippen LogP contribution in [0.3, 0.4) is 0 Å². The van der Waals surface area contributed by atoms with Gasteiger partial charge >= 0.3 is 12.1 Å². The maximum Gasteiger partial charge on any atom is 0.389 e. The standard InChI is InChI=1S/C8H13F3O2S/c1-6(5-7(12)13)14-4-2-3-8(9,10)11/h6H,2-5H2,1H3,(H,12,13). The number of halogens is 3. The maximum atomic E-state index is 11.7. The molecular formula is C8H13F3O2S. The van der Waals surface area contributed by atoms with E-state index in [1.54, 1.807) is 6.92 Å². The molecule has 0 aliphatic heterocycles. The van der Waals surface area contributed by atoms with Crippen LogP contribution in [0, 0.1) is 0 Å². The Kier molecular flexibility index (Phi) is 5.99. The summed E-state index contributed by atoms with van der Waals surface area (Å²) in [5, 5.41) is 8.25. The van der Waals surface area contributed by atoms with E-state index in [1.807, 2.05) is 0 Å². The van der Waals surface area contributed by atoms with Gasteiger partial charge in [0.1, 0.15) is 0 Å². The molecule has 0 radical (unpaired) electrons. The van der Waals surface area contributed by atoms with E-state index in [1.165, 1.54) is 11.8 Å². The molecule has 0 saturated carbocycles. The van der Waals surface area contributed by atoms with Crippen molar-refractivity contribution in [3.63, 3.8) is 0 Å². The van der Waals surface area contributed by atoms with Crippen molar-refractivity contribution in [1.82, 2.24) is 0 Å². The van der Waals surface area contributed by atoms with E-state index in [9.17, 15) is 18.0 Å². The zero-order valence-electron chi connectivity index (χ0n) is 7.80. The van der Waals surface area contributed by atoms with Crippen molar-refractivity contribution in [3.05, 3.63) is 0 Å². The molecule has 1 unspecified atom stereocenters. The van der Waals surface area contributed by atoms with Gasteiger partial charge in [-0.1, -0.05) is 6.92 Å². The summed E-state index contributed by atoms with van der Waals surface area (Å²) in [6.07, 6.45) is -4.84. The molecule has 0 aromatic carbocycles. The second-order valence-electron chi connectivity index (χ2n) is 3.00. The topological polar surface area (TPSA) is 37.3 Å². The highest BCUT2D eigenvalue weighted by Crippen LogP contribution is 2.24. The molecule has 0 rings (SSSR count). The van der Waals surface area contributed by atoms with Crippen molar-refractivity contribution in [3.8, 4) is 0 Å². The average Bonchev–Trinajstić information content (AvgIpc) is 1.95. The molecule has 0 aromatic heterocycles. The first-order valence-electron chi connectivity index (χ1n) is 4.21. The Morgan fingerprint density at radius 1 is 1.50 bits per heavy atom. The van der Waals surface area contributed by atoms with E-state index in [4.69, 9.17) is 5.11 Å². The number of carboxylic acids is 1. The summed E-state index contributed by atoms with van der Waals surface area (Å²) in [4.78, 5) is 10.2. The number of carbonyl (C=O) groups is 1. The second-order valence-corrected chi connectivity index (χ2v) is 4.54. The van der Waals surface area contributed by atoms with Gasteiger partial charge in [0.2, 0.25) is 0 Å². The maximum absolute atomic E-state index is 11.7. The zero-order valence-corrected chi connectivity index (χ0v) is 8.62. The van der Waals surface area contributed by atoms with E-state index in [2.05, 4.69) is 0 Å². The Hall–Kier alpha value is -0.390. The summed E-state index contributed by atoms with van der Waals surface area (Å²) in [6, 6.07) is 0. The molecular weight excluding hydrogens is 217 g/mol. The highest BCUT2D eigenvalue weighted by Gasteiger charge is 2.26. The van der Waals surface area contributed by atoms with Crippen LogP contribution in [0.25, 0.3) is 0 Å². The molecule has 0 aliphatic rings. The van der Waals surface area contributed by atoms with Gasteiger partial charge in [0.05, 0.1) is 6.42 Å². The summed E-state index contributed by atoms with van der Waals surface area (Å²) in [6.45, 7) is 1.70. The molecule has 14 heavy (non-hydrogen) atoms. The van der Waals surface area contributed by atoms with Crippen LogP contribution in [0.1, 0.15) is 26.2 Å². The summed E-state index contributed by atoms with van der Waals surface area (Å²) in [5.41, 5.74) is 0. The van der Waals surface area contributed by atoms with Crippen molar-refractivity contribution in [2.75, 3.05) is 5.75 Å². The van der Waals surface area contributed by atoms with Crippen LogP contribution in [0.2, 0.25) is 0 Å². The lowest BCUT2D eigenvalue weighted by atomic mass is 10.3. The predicted molar refractivity (Wildman–Crippen MR) is 49.5 cm³/mol. The van der Waals surface area contributed by atoms with Crippen molar-refractivity contribution in [2.24, 2.45) is 0 Å². The number of hydrogen-bond acceptors (Lipinski definition) is 2. The van der Waals surface area contributed by atoms with Crippen LogP contribution in [0.15, 0.2) is 0 Å². The van der Waals surface area contributed by atoms with Crippen LogP contribution in [0.4, 0.5) is 13.2 Å². The second kappa shape index (κ2) is 6.16. The molecule has 1 N–H and O–H groups in total. The third-order valence-corrected chi connectivity index (χ3v) is 2.73. The normalized spacial score (nSPS) is 14.0. The van der Waals surface area contributed by atoms with E-state index >= 15 is 0 Å². The molecule has 0 aliphatic carbocycles. The van der Waals surface area contributed by atoms with Gasteiger partial charge in [-0.05, 0) is 12.2 Å². The Labute approximate surface area is 84.9 Å². The fourth-order valence-electron chi connectivity index (χ4n) is 0.862. The number of thioether (sulfide) groups is 1. The Morgan fingerprint density at radius 2 is 2.07 bits per heavy atom. The Morgan fingerprint density at radius 3 is 2.50 bits per heavy atom. The molecule has 1 atom stereocenters. The molecule has 0 bridgehead atoms. The first kappa shape index (κ1) is 13.6. The largest absolute Gasteiger partial charge is 0.481 e. The van der Waals surface area contributed by atoms with Crippen molar-refractivity contribution in [2.45, 2.75) is 37.6 Å². The van der Waals surface area contributed by atoms with Crippen LogP contribution >= 0.6 is 11.8 Å².